The van der Waals surface area contributed by atoms with Crippen molar-refractivity contribution in [2.24, 2.45) is 5.16 Å². The molecule has 2 aliphatic heterocycles. The Kier molecular flexibility index (Phi) is 8.46. The molecular formula is C27H25F4N5O3S. The van der Waals surface area contributed by atoms with Gasteiger partial charge in [0.2, 0.25) is 0 Å². The van der Waals surface area contributed by atoms with Crippen molar-refractivity contribution in [1.29, 1.82) is 0 Å². The Bertz CT molecular complexity index is 1430. The lowest BCUT2D eigenvalue weighted by Crippen LogP contribution is -2.39. The molecule has 0 spiro atoms. The van der Waals surface area contributed by atoms with E-state index in [1.165, 1.54) is 11.3 Å². The highest BCUT2D eigenvalue weighted by atomic mass is 32.1. The predicted octanol–water partition coefficient (Wildman–Crippen LogP) is 5.61. The summed E-state index contributed by atoms with van der Waals surface area (Å²) in [6.45, 7) is 1.01. The number of likely N-dealkylation sites (tertiary alicyclic amines) is 1. The average molecular weight is 576 g/mol. The molecule has 1 fully saturated rings. The largest absolute Gasteiger partial charge is 0.481 e. The van der Waals surface area contributed by atoms with E-state index >= 15 is 0 Å². The molecule has 1 saturated heterocycles. The van der Waals surface area contributed by atoms with Crippen LogP contribution in [-0.4, -0.2) is 57.5 Å². The number of para-hydroxylation sites is 1. The van der Waals surface area contributed by atoms with Crippen molar-refractivity contribution in [1.82, 2.24) is 19.7 Å². The van der Waals surface area contributed by atoms with E-state index in [2.05, 4.69) is 16.2 Å². The normalized spacial score (nSPS) is 18.1. The standard InChI is InChI=1S/C27H25F4N5O3S/c1-2-11-38-22-6-4-3-5-17(22)23-13-18(34-39-23)20-15-40-27(32-20)16-7-9-35(10-8-16)14-24(37)36-21(26(30)31)12-19(33-36)25(28)29/h1,3-6,12,15-16,23,25-26H,7-11,13-14H2. The number of thiazole rings is 1. The van der Waals surface area contributed by atoms with E-state index in [0.717, 1.165) is 22.0 Å². The van der Waals surface area contributed by atoms with Gasteiger partial charge in [0.15, 0.2) is 6.10 Å². The Morgan fingerprint density at radius 1 is 1.20 bits per heavy atom. The van der Waals surface area contributed by atoms with Crippen molar-refractivity contribution in [3.8, 4) is 18.1 Å². The third kappa shape index (κ3) is 6.03. The molecule has 0 bridgehead atoms. The SMILES string of the molecule is C#CCOc1ccccc1C1CC(c2csc(C3CCN(CC(=O)n4nc(C(F)F)cc4C(F)F)CC3)n2)=NO1. The van der Waals surface area contributed by atoms with Crippen LogP contribution < -0.4 is 4.74 Å². The van der Waals surface area contributed by atoms with Gasteiger partial charge in [0.05, 0.1) is 17.2 Å². The molecule has 13 heteroatoms. The molecule has 1 atom stereocenters. The minimum atomic E-state index is -3.09. The van der Waals surface area contributed by atoms with E-state index in [1.54, 1.807) is 0 Å². The fourth-order valence-corrected chi connectivity index (χ4v) is 5.77. The molecule has 5 rings (SSSR count). The van der Waals surface area contributed by atoms with Crippen LogP contribution in [0.2, 0.25) is 0 Å². The van der Waals surface area contributed by atoms with E-state index in [-0.39, 0.29) is 25.2 Å². The summed E-state index contributed by atoms with van der Waals surface area (Å²) in [6.07, 6.45) is 0.810. The fraction of sp³-hybridized carbons (Fsp3) is 0.407. The van der Waals surface area contributed by atoms with Crippen LogP contribution in [-0.2, 0) is 4.84 Å². The summed E-state index contributed by atoms with van der Waals surface area (Å²) in [7, 11) is 0. The summed E-state index contributed by atoms with van der Waals surface area (Å²) in [5.74, 6) is 2.50. The Labute approximate surface area is 231 Å². The third-order valence-electron chi connectivity index (χ3n) is 6.80. The van der Waals surface area contributed by atoms with Gasteiger partial charge in [-0.2, -0.15) is 9.78 Å². The van der Waals surface area contributed by atoms with E-state index in [4.69, 9.17) is 21.0 Å². The zero-order valence-corrected chi connectivity index (χ0v) is 22.0. The second kappa shape index (κ2) is 12.2. The molecular weight excluding hydrogens is 550 g/mol. The van der Waals surface area contributed by atoms with Crippen molar-refractivity contribution in [2.45, 2.75) is 44.1 Å². The van der Waals surface area contributed by atoms with Crippen LogP contribution in [0.15, 0.2) is 40.9 Å². The Hall–Kier alpha value is -3.76. The number of rotatable bonds is 9. The monoisotopic (exact) mass is 575 g/mol. The number of hydrogen-bond acceptors (Lipinski definition) is 8. The second-order valence-corrected chi connectivity index (χ2v) is 10.3. The number of ether oxygens (including phenoxy) is 1. The zero-order valence-electron chi connectivity index (χ0n) is 21.2. The molecule has 2 aromatic heterocycles. The molecule has 3 aromatic rings. The quantitative estimate of drug-likeness (QED) is 0.244. The smallest absolute Gasteiger partial charge is 0.282 e. The number of alkyl halides is 4. The average Bonchev–Trinajstić information content (AvgIpc) is 3.72. The number of halogens is 4. The number of aromatic nitrogens is 3. The van der Waals surface area contributed by atoms with Gasteiger partial charge >= 0.3 is 0 Å². The topological polar surface area (TPSA) is 81.8 Å². The number of terminal acetylenes is 1. The number of carbonyl (C=O) groups excluding carboxylic acids is 1. The van der Waals surface area contributed by atoms with E-state index in [0.29, 0.717) is 48.8 Å². The van der Waals surface area contributed by atoms with E-state index < -0.39 is 30.1 Å². The van der Waals surface area contributed by atoms with Gasteiger partial charge in [0, 0.05) is 23.3 Å². The summed E-state index contributed by atoms with van der Waals surface area (Å²) >= 11 is 1.53. The Morgan fingerprint density at radius 3 is 2.70 bits per heavy atom. The maximum atomic E-state index is 13.3. The minimum absolute atomic E-state index is 0.152. The van der Waals surface area contributed by atoms with Crippen LogP contribution in [0.1, 0.15) is 76.6 Å². The van der Waals surface area contributed by atoms with Gasteiger partial charge in [-0.05, 0) is 38.1 Å². The Morgan fingerprint density at radius 2 is 1.98 bits per heavy atom. The van der Waals surface area contributed by atoms with Crippen LogP contribution in [0.25, 0.3) is 0 Å². The first-order valence-corrected chi connectivity index (χ1v) is 13.5. The highest BCUT2D eigenvalue weighted by molar-refractivity contribution is 7.10. The summed E-state index contributed by atoms with van der Waals surface area (Å²) < 4.78 is 58.4. The number of oxime groups is 1. The second-order valence-electron chi connectivity index (χ2n) is 9.39. The van der Waals surface area contributed by atoms with Gasteiger partial charge in [-0.1, -0.05) is 29.3 Å². The van der Waals surface area contributed by atoms with Crippen molar-refractivity contribution >= 4 is 23.0 Å². The molecule has 8 nitrogen and oxygen atoms in total. The number of piperidine rings is 1. The van der Waals surface area contributed by atoms with Crippen molar-refractivity contribution < 1.29 is 31.9 Å². The zero-order chi connectivity index (χ0) is 28.2. The van der Waals surface area contributed by atoms with E-state index in [1.807, 2.05) is 34.5 Å². The number of benzene rings is 1. The van der Waals surface area contributed by atoms with Crippen LogP contribution in [0.5, 0.6) is 5.75 Å². The molecule has 1 unspecified atom stereocenters. The molecule has 0 N–H and O–H groups in total. The van der Waals surface area contributed by atoms with E-state index in [9.17, 15) is 22.4 Å². The molecule has 210 valence electrons. The molecule has 40 heavy (non-hydrogen) atoms. The number of carbonyl (C=O) groups is 1. The molecule has 1 aromatic carbocycles. The van der Waals surface area contributed by atoms with Crippen molar-refractivity contribution in [3.05, 3.63) is 63.4 Å². The predicted molar refractivity (Wildman–Crippen MR) is 139 cm³/mol. The molecule has 2 aliphatic rings. The molecule has 0 radical (unpaired) electrons. The van der Waals surface area contributed by atoms with Gasteiger partial charge in [0.1, 0.15) is 29.5 Å². The lowest BCUT2D eigenvalue weighted by Gasteiger charge is -2.30. The highest BCUT2D eigenvalue weighted by Gasteiger charge is 2.31. The first kappa shape index (κ1) is 27.8. The van der Waals surface area contributed by atoms with Crippen LogP contribution in [0.4, 0.5) is 17.6 Å². The van der Waals surface area contributed by atoms with Gasteiger partial charge < -0.3 is 9.57 Å². The first-order chi connectivity index (χ1) is 19.3. The van der Waals surface area contributed by atoms with Gasteiger partial charge in [-0.25, -0.2) is 22.5 Å². The van der Waals surface area contributed by atoms with Gasteiger partial charge in [0.25, 0.3) is 18.8 Å². The van der Waals surface area contributed by atoms with Crippen LogP contribution in [0.3, 0.4) is 0 Å². The number of nitrogens with zero attached hydrogens (tertiary/aromatic N) is 5. The fourth-order valence-electron chi connectivity index (χ4n) is 4.77. The van der Waals surface area contributed by atoms with Gasteiger partial charge in [-0.15, -0.1) is 17.8 Å². The van der Waals surface area contributed by atoms with Crippen molar-refractivity contribution in [3.63, 3.8) is 0 Å². The lowest BCUT2D eigenvalue weighted by molar-refractivity contribution is 0.0767. The van der Waals surface area contributed by atoms with Crippen LogP contribution >= 0.6 is 11.3 Å². The summed E-state index contributed by atoms with van der Waals surface area (Å²) in [5.41, 5.74) is 0.673. The summed E-state index contributed by atoms with van der Waals surface area (Å²) in [4.78, 5) is 24.9. The number of hydrogen-bond donors (Lipinski definition) is 0. The Balaban J connectivity index is 1.16. The van der Waals surface area contributed by atoms with Crippen LogP contribution in [0, 0.1) is 12.3 Å². The summed E-state index contributed by atoms with van der Waals surface area (Å²) in [5, 5.41) is 10.6. The maximum Gasteiger partial charge on any atom is 0.282 e. The first-order valence-electron chi connectivity index (χ1n) is 12.6. The van der Waals surface area contributed by atoms with Crippen molar-refractivity contribution in [2.75, 3.05) is 26.2 Å². The highest BCUT2D eigenvalue weighted by Crippen LogP contribution is 2.36. The minimum Gasteiger partial charge on any atom is -0.481 e. The third-order valence-corrected chi connectivity index (χ3v) is 7.81. The maximum absolute atomic E-state index is 13.3. The lowest BCUT2D eigenvalue weighted by atomic mass is 9.97. The molecule has 0 aliphatic carbocycles. The van der Waals surface area contributed by atoms with Gasteiger partial charge in [-0.3, -0.25) is 9.69 Å². The molecule has 0 saturated carbocycles. The molecule has 4 heterocycles. The summed E-state index contributed by atoms with van der Waals surface area (Å²) in [6, 6.07) is 8.09. The molecule has 0 amide bonds.